The molecule has 0 bridgehead atoms. The van der Waals surface area contributed by atoms with Crippen molar-refractivity contribution in [2.45, 2.75) is 38.8 Å². The van der Waals surface area contributed by atoms with Crippen LogP contribution in [0.15, 0.2) is 0 Å². The molecule has 5 heteroatoms. The third-order valence-electron chi connectivity index (χ3n) is 3.32. The lowest BCUT2D eigenvalue weighted by Gasteiger charge is -2.44. The Labute approximate surface area is 95.1 Å². The summed E-state index contributed by atoms with van der Waals surface area (Å²) in [6, 6.07) is -0.00449. The van der Waals surface area contributed by atoms with Gasteiger partial charge in [-0.3, -0.25) is 10.1 Å². The molecule has 0 aromatic heterocycles. The summed E-state index contributed by atoms with van der Waals surface area (Å²) < 4.78 is 5.46. The zero-order chi connectivity index (χ0) is 11.7. The molecular formula is C11H18N2O3. The normalized spacial score (nSPS) is 34.6. The van der Waals surface area contributed by atoms with E-state index < -0.39 is 0 Å². The summed E-state index contributed by atoms with van der Waals surface area (Å²) in [4.78, 5) is 24.6. The van der Waals surface area contributed by atoms with Gasteiger partial charge in [-0.15, -0.1) is 0 Å². The van der Waals surface area contributed by atoms with Crippen molar-refractivity contribution in [3.8, 4) is 0 Å². The van der Waals surface area contributed by atoms with Crippen molar-refractivity contribution in [3.05, 3.63) is 0 Å². The molecule has 1 heterocycles. The minimum Gasteiger partial charge on any atom is -0.378 e. The summed E-state index contributed by atoms with van der Waals surface area (Å²) >= 11 is 0. The summed E-state index contributed by atoms with van der Waals surface area (Å²) in [5, 5.41) is 2.38. The summed E-state index contributed by atoms with van der Waals surface area (Å²) in [5.41, 5.74) is 0. The van der Waals surface area contributed by atoms with E-state index in [1.54, 1.807) is 4.90 Å². The fraction of sp³-hybridized carbons (Fsp3) is 0.818. The summed E-state index contributed by atoms with van der Waals surface area (Å²) in [6.45, 7) is 5.07. The van der Waals surface area contributed by atoms with Gasteiger partial charge in [0.15, 0.2) is 0 Å². The minimum absolute atomic E-state index is 0.108. The molecule has 2 aliphatic rings. The second-order valence-electron chi connectivity index (χ2n) is 4.55. The molecule has 1 N–H and O–H groups in total. The van der Waals surface area contributed by atoms with Crippen LogP contribution < -0.4 is 5.32 Å². The molecule has 1 atom stereocenters. The molecule has 0 aromatic carbocycles. The van der Waals surface area contributed by atoms with E-state index in [0.717, 1.165) is 19.4 Å². The van der Waals surface area contributed by atoms with Crippen LogP contribution in [-0.2, 0) is 9.53 Å². The number of carbonyl (C=O) groups excluding carboxylic acids is 2. The molecule has 0 aromatic rings. The molecular weight excluding hydrogens is 208 g/mol. The molecule has 90 valence electrons. The third-order valence-corrected chi connectivity index (χ3v) is 3.32. The van der Waals surface area contributed by atoms with E-state index in [2.05, 4.69) is 5.32 Å². The number of hydrogen-bond donors (Lipinski definition) is 1. The van der Waals surface area contributed by atoms with E-state index in [9.17, 15) is 9.59 Å². The lowest BCUT2D eigenvalue weighted by atomic mass is 9.87. The van der Waals surface area contributed by atoms with E-state index in [1.165, 1.54) is 0 Å². The molecule has 1 saturated carbocycles. The fourth-order valence-electron chi connectivity index (χ4n) is 2.24. The van der Waals surface area contributed by atoms with Crippen LogP contribution in [0.3, 0.4) is 0 Å². The van der Waals surface area contributed by atoms with Crippen molar-refractivity contribution >= 4 is 11.9 Å². The quantitative estimate of drug-likeness (QED) is 0.772. The van der Waals surface area contributed by atoms with Gasteiger partial charge in [0.05, 0.1) is 12.0 Å². The second-order valence-corrected chi connectivity index (χ2v) is 4.55. The number of nitrogens with one attached hydrogen (secondary N) is 1. The average molecular weight is 226 g/mol. The first-order valence-corrected chi connectivity index (χ1v) is 5.85. The van der Waals surface area contributed by atoms with E-state index in [-0.39, 0.29) is 30.0 Å². The second kappa shape index (κ2) is 4.41. The molecule has 3 amide bonds. The van der Waals surface area contributed by atoms with Gasteiger partial charge in [0.2, 0.25) is 5.91 Å². The Kier molecular flexibility index (Phi) is 3.14. The van der Waals surface area contributed by atoms with Crippen LogP contribution in [0, 0.1) is 5.92 Å². The Morgan fingerprint density at radius 3 is 2.75 bits per heavy atom. The highest BCUT2D eigenvalue weighted by Gasteiger charge is 2.40. The van der Waals surface area contributed by atoms with E-state index >= 15 is 0 Å². The maximum absolute atomic E-state index is 11.6. The van der Waals surface area contributed by atoms with Crippen molar-refractivity contribution in [1.29, 1.82) is 0 Å². The van der Waals surface area contributed by atoms with Crippen LogP contribution in [0.1, 0.15) is 26.7 Å². The Morgan fingerprint density at radius 1 is 1.44 bits per heavy atom. The first-order valence-electron chi connectivity index (χ1n) is 5.85. The number of rotatable bonds is 3. The summed E-state index contributed by atoms with van der Waals surface area (Å²) in [7, 11) is 0. The number of urea groups is 1. The highest BCUT2D eigenvalue weighted by molar-refractivity contribution is 5.97. The zero-order valence-corrected chi connectivity index (χ0v) is 9.73. The van der Waals surface area contributed by atoms with Crippen LogP contribution in [0.25, 0.3) is 0 Å². The van der Waals surface area contributed by atoms with Gasteiger partial charge >= 0.3 is 6.03 Å². The molecule has 2 fully saturated rings. The monoisotopic (exact) mass is 226 g/mol. The Bertz CT molecular complexity index is 300. The predicted molar refractivity (Wildman–Crippen MR) is 57.8 cm³/mol. The first-order chi connectivity index (χ1) is 7.61. The SMILES string of the molecule is CCOC1CC(N2CC(C)C(=O)NC2=O)C1. The largest absolute Gasteiger partial charge is 0.378 e. The zero-order valence-electron chi connectivity index (χ0n) is 9.73. The Balaban J connectivity index is 1.87. The number of nitrogens with zero attached hydrogens (tertiary/aromatic N) is 1. The van der Waals surface area contributed by atoms with Crippen molar-refractivity contribution in [2.24, 2.45) is 5.92 Å². The molecule has 5 nitrogen and oxygen atoms in total. The number of amides is 3. The molecule has 0 spiro atoms. The van der Waals surface area contributed by atoms with Crippen LogP contribution in [0.4, 0.5) is 4.79 Å². The number of hydrogen-bond acceptors (Lipinski definition) is 3. The summed E-state index contributed by atoms with van der Waals surface area (Å²) in [6.07, 6.45) is 2.07. The van der Waals surface area contributed by atoms with Crippen LogP contribution in [-0.4, -0.2) is 42.1 Å². The van der Waals surface area contributed by atoms with Gasteiger partial charge in [0.1, 0.15) is 0 Å². The van der Waals surface area contributed by atoms with E-state index in [0.29, 0.717) is 6.54 Å². The van der Waals surface area contributed by atoms with Gasteiger partial charge in [-0.2, -0.15) is 0 Å². The highest BCUT2D eigenvalue weighted by atomic mass is 16.5. The minimum atomic E-state index is -0.247. The van der Waals surface area contributed by atoms with E-state index in [4.69, 9.17) is 4.74 Å². The number of imide groups is 1. The topological polar surface area (TPSA) is 58.6 Å². The van der Waals surface area contributed by atoms with Gasteiger partial charge < -0.3 is 9.64 Å². The molecule has 0 radical (unpaired) electrons. The van der Waals surface area contributed by atoms with Gasteiger partial charge in [-0.25, -0.2) is 4.79 Å². The third kappa shape index (κ3) is 2.04. The predicted octanol–water partition coefficient (Wildman–Crippen LogP) is 0.742. The molecule has 2 rings (SSSR count). The number of carbonyl (C=O) groups is 2. The average Bonchev–Trinajstić information content (AvgIpc) is 2.17. The maximum atomic E-state index is 11.6. The van der Waals surface area contributed by atoms with Crippen LogP contribution in [0.2, 0.25) is 0 Å². The highest BCUT2D eigenvalue weighted by Crippen LogP contribution is 2.29. The Morgan fingerprint density at radius 2 is 2.12 bits per heavy atom. The molecule has 1 saturated heterocycles. The van der Waals surface area contributed by atoms with Gasteiger partial charge in [0, 0.05) is 19.2 Å². The molecule has 1 unspecified atom stereocenters. The molecule has 1 aliphatic carbocycles. The smallest absolute Gasteiger partial charge is 0.324 e. The molecule has 1 aliphatic heterocycles. The number of ether oxygens (including phenoxy) is 1. The van der Waals surface area contributed by atoms with E-state index in [1.807, 2.05) is 13.8 Å². The molecule has 16 heavy (non-hydrogen) atoms. The lowest BCUT2D eigenvalue weighted by Crippen LogP contribution is -2.60. The summed E-state index contributed by atoms with van der Waals surface area (Å²) in [5.74, 6) is -0.272. The Hall–Kier alpha value is -1.10. The first kappa shape index (κ1) is 11.4. The van der Waals surface area contributed by atoms with Gasteiger partial charge in [-0.1, -0.05) is 6.92 Å². The van der Waals surface area contributed by atoms with Gasteiger partial charge in [-0.05, 0) is 19.8 Å². The van der Waals surface area contributed by atoms with Crippen LogP contribution in [0.5, 0.6) is 0 Å². The fourth-order valence-corrected chi connectivity index (χ4v) is 2.24. The van der Waals surface area contributed by atoms with Crippen molar-refractivity contribution in [3.63, 3.8) is 0 Å². The van der Waals surface area contributed by atoms with Crippen molar-refractivity contribution in [2.75, 3.05) is 13.2 Å². The standard InChI is InChI=1S/C11H18N2O3/c1-3-16-9-4-8(5-9)13-6-7(2)10(14)12-11(13)15/h7-9H,3-6H2,1-2H3,(H,12,14,15). The van der Waals surface area contributed by atoms with Crippen molar-refractivity contribution < 1.29 is 14.3 Å². The maximum Gasteiger partial charge on any atom is 0.324 e. The lowest BCUT2D eigenvalue weighted by molar-refractivity contribution is -0.126. The van der Waals surface area contributed by atoms with Crippen molar-refractivity contribution in [1.82, 2.24) is 10.2 Å². The van der Waals surface area contributed by atoms with Crippen LogP contribution >= 0.6 is 0 Å². The van der Waals surface area contributed by atoms with Gasteiger partial charge in [0.25, 0.3) is 0 Å².